The molecule has 0 saturated carbocycles. The number of rotatable bonds is 8. The summed E-state index contributed by atoms with van der Waals surface area (Å²) in [5, 5.41) is 2.73. The minimum atomic E-state index is -0.905. The first-order valence-electron chi connectivity index (χ1n) is 8.46. The number of nitrogens with one attached hydrogen (secondary N) is 1. The number of amides is 1. The van der Waals surface area contributed by atoms with Gasteiger partial charge in [0.2, 0.25) is 0 Å². The predicted molar refractivity (Wildman–Crippen MR) is 102 cm³/mol. The highest BCUT2D eigenvalue weighted by molar-refractivity contribution is 5.90. The highest BCUT2D eigenvalue weighted by Gasteiger charge is 2.16. The molecule has 27 heavy (non-hydrogen) atoms. The van der Waals surface area contributed by atoms with Crippen LogP contribution in [0.5, 0.6) is 11.5 Å². The van der Waals surface area contributed by atoms with E-state index in [1.165, 1.54) is 13.0 Å². The van der Waals surface area contributed by atoms with Crippen molar-refractivity contribution in [1.82, 2.24) is 5.32 Å². The van der Waals surface area contributed by atoms with Gasteiger partial charge in [-0.3, -0.25) is 4.79 Å². The molecule has 0 unspecified atom stereocenters. The van der Waals surface area contributed by atoms with Gasteiger partial charge in [0.15, 0.2) is 6.10 Å². The highest BCUT2D eigenvalue weighted by Crippen LogP contribution is 2.18. The van der Waals surface area contributed by atoms with Crippen LogP contribution in [-0.4, -0.2) is 32.2 Å². The summed E-state index contributed by atoms with van der Waals surface area (Å²) in [6.45, 7) is 1.86. The fourth-order valence-electron chi connectivity index (χ4n) is 2.31. The van der Waals surface area contributed by atoms with Crippen LogP contribution >= 0.6 is 0 Å². The minimum Gasteiger partial charge on any atom is -0.497 e. The average molecular weight is 369 g/mol. The summed E-state index contributed by atoms with van der Waals surface area (Å²) < 4.78 is 15.4. The van der Waals surface area contributed by atoms with E-state index in [9.17, 15) is 9.59 Å². The molecule has 0 saturated heterocycles. The minimum absolute atomic E-state index is 0.335. The lowest BCUT2D eigenvalue weighted by atomic mass is 10.2. The lowest BCUT2D eigenvalue weighted by Gasteiger charge is -2.12. The molecular weight excluding hydrogens is 346 g/mol. The summed E-state index contributed by atoms with van der Waals surface area (Å²) in [4.78, 5) is 24.0. The van der Waals surface area contributed by atoms with E-state index in [0.29, 0.717) is 12.3 Å². The molecule has 142 valence electrons. The molecule has 0 radical (unpaired) electrons. The lowest BCUT2D eigenvalue weighted by Crippen LogP contribution is -2.35. The summed E-state index contributed by atoms with van der Waals surface area (Å²) in [7, 11) is 3.15. The summed E-state index contributed by atoms with van der Waals surface area (Å²) >= 11 is 0. The second-order valence-electron chi connectivity index (χ2n) is 5.72. The predicted octanol–water partition coefficient (Wildman–Crippen LogP) is 2.97. The number of esters is 1. The topological polar surface area (TPSA) is 73.9 Å². The van der Waals surface area contributed by atoms with Crippen molar-refractivity contribution < 1.29 is 23.8 Å². The van der Waals surface area contributed by atoms with Crippen molar-refractivity contribution in [2.75, 3.05) is 14.2 Å². The molecule has 1 N–H and O–H groups in total. The van der Waals surface area contributed by atoms with Gasteiger partial charge < -0.3 is 19.5 Å². The molecule has 0 aliphatic heterocycles. The smallest absolute Gasteiger partial charge is 0.331 e. The maximum absolute atomic E-state index is 12.1. The molecule has 0 fully saturated rings. The normalized spacial score (nSPS) is 11.7. The molecule has 1 amide bonds. The van der Waals surface area contributed by atoms with Crippen molar-refractivity contribution in [2.24, 2.45) is 0 Å². The van der Waals surface area contributed by atoms with Crippen molar-refractivity contribution in [3.63, 3.8) is 0 Å². The van der Waals surface area contributed by atoms with Gasteiger partial charge in [-0.25, -0.2) is 4.79 Å². The Hall–Kier alpha value is -3.28. The molecule has 0 aliphatic carbocycles. The molecule has 0 aliphatic rings. The first kappa shape index (κ1) is 20.0. The number of ether oxygens (including phenoxy) is 3. The summed E-state index contributed by atoms with van der Waals surface area (Å²) in [5.41, 5.74) is 1.66. The number of hydrogen-bond donors (Lipinski definition) is 1. The number of benzene rings is 2. The first-order valence-corrected chi connectivity index (χ1v) is 8.46. The van der Waals surface area contributed by atoms with Crippen LogP contribution < -0.4 is 14.8 Å². The zero-order chi connectivity index (χ0) is 19.6. The maximum atomic E-state index is 12.1. The van der Waals surface area contributed by atoms with E-state index in [0.717, 1.165) is 16.9 Å². The van der Waals surface area contributed by atoms with Gasteiger partial charge in [0.25, 0.3) is 5.91 Å². The van der Waals surface area contributed by atoms with Crippen LogP contribution in [-0.2, 0) is 20.9 Å². The number of carbonyl (C=O) groups excluding carboxylic acids is 2. The van der Waals surface area contributed by atoms with Gasteiger partial charge in [-0.15, -0.1) is 0 Å². The van der Waals surface area contributed by atoms with E-state index in [2.05, 4.69) is 5.32 Å². The fraction of sp³-hybridized carbons (Fsp3) is 0.238. The SMILES string of the molecule is COc1ccc(CNC(=O)[C@@H](C)OC(=O)/C=C/c2ccccc2OC)cc1. The van der Waals surface area contributed by atoms with Gasteiger partial charge in [0.1, 0.15) is 11.5 Å². The zero-order valence-corrected chi connectivity index (χ0v) is 15.6. The number of hydrogen-bond acceptors (Lipinski definition) is 5. The van der Waals surface area contributed by atoms with Crippen LogP contribution in [0.25, 0.3) is 6.08 Å². The van der Waals surface area contributed by atoms with Crippen molar-refractivity contribution in [3.05, 3.63) is 65.7 Å². The number of para-hydroxylation sites is 1. The molecule has 2 aromatic rings. The lowest BCUT2D eigenvalue weighted by molar-refractivity contribution is -0.150. The van der Waals surface area contributed by atoms with Gasteiger partial charge in [-0.05, 0) is 36.8 Å². The Morgan fingerprint density at radius 2 is 1.74 bits per heavy atom. The van der Waals surface area contributed by atoms with Crippen LogP contribution in [0, 0.1) is 0 Å². The Morgan fingerprint density at radius 3 is 2.41 bits per heavy atom. The molecule has 0 aromatic heterocycles. The van der Waals surface area contributed by atoms with Crippen molar-refractivity contribution >= 4 is 18.0 Å². The third kappa shape index (κ3) is 6.18. The van der Waals surface area contributed by atoms with Crippen LogP contribution in [0.3, 0.4) is 0 Å². The molecule has 0 heterocycles. The third-order valence-corrected chi connectivity index (χ3v) is 3.83. The van der Waals surface area contributed by atoms with E-state index < -0.39 is 12.1 Å². The summed E-state index contributed by atoms with van der Waals surface area (Å²) in [6, 6.07) is 14.6. The van der Waals surface area contributed by atoms with Crippen molar-refractivity contribution in [2.45, 2.75) is 19.6 Å². The third-order valence-electron chi connectivity index (χ3n) is 3.83. The fourth-order valence-corrected chi connectivity index (χ4v) is 2.31. The van der Waals surface area contributed by atoms with Crippen molar-refractivity contribution in [1.29, 1.82) is 0 Å². The number of methoxy groups -OCH3 is 2. The van der Waals surface area contributed by atoms with Gasteiger partial charge in [0, 0.05) is 18.2 Å². The average Bonchev–Trinajstić information content (AvgIpc) is 2.70. The van der Waals surface area contributed by atoms with Crippen LogP contribution in [0.1, 0.15) is 18.1 Å². The monoisotopic (exact) mass is 369 g/mol. The van der Waals surface area contributed by atoms with Crippen LogP contribution in [0.4, 0.5) is 0 Å². The van der Waals surface area contributed by atoms with E-state index in [4.69, 9.17) is 14.2 Å². The molecule has 2 rings (SSSR count). The Balaban J connectivity index is 1.83. The Morgan fingerprint density at radius 1 is 1.04 bits per heavy atom. The second-order valence-corrected chi connectivity index (χ2v) is 5.72. The van der Waals surface area contributed by atoms with Crippen LogP contribution in [0.2, 0.25) is 0 Å². The molecule has 6 nitrogen and oxygen atoms in total. The summed E-state index contributed by atoms with van der Waals surface area (Å²) in [5.74, 6) is 0.416. The largest absolute Gasteiger partial charge is 0.497 e. The van der Waals surface area contributed by atoms with Crippen molar-refractivity contribution in [3.8, 4) is 11.5 Å². The molecular formula is C21H23NO5. The summed E-state index contributed by atoms with van der Waals surface area (Å²) in [6.07, 6.45) is 1.95. The first-order chi connectivity index (χ1) is 13.0. The second kappa shape index (κ2) is 10.0. The van der Waals surface area contributed by atoms with Gasteiger partial charge in [-0.1, -0.05) is 30.3 Å². The maximum Gasteiger partial charge on any atom is 0.331 e. The zero-order valence-electron chi connectivity index (χ0n) is 15.6. The highest BCUT2D eigenvalue weighted by atomic mass is 16.5. The quantitative estimate of drug-likeness (QED) is 0.572. The van der Waals surface area contributed by atoms with E-state index in [1.54, 1.807) is 26.4 Å². The Labute approximate surface area is 158 Å². The Bertz CT molecular complexity index is 798. The van der Waals surface area contributed by atoms with Gasteiger partial charge in [0.05, 0.1) is 14.2 Å². The number of carbonyl (C=O) groups is 2. The van der Waals surface area contributed by atoms with E-state index >= 15 is 0 Å². The van der Waals surface area contributed by atoms with Crippen LogP contribution in [0.15, 0.2) is 54.6 Å². The Kier molecular flexibility index (Phi) is 7.43. The molecule has 2 aromatic carbocycles. The molecule has 6 heteroatoms. The van der Waals surface area contributed by atoms with Gasteiger partial charge >= 0.3 is 5.97 Å². The van der Waals surface area contributed by atoms with Gasteiger partial charge in [-0.2, -0.15) is 0 Å². The van der Waals surface area contributed by atoms with E-state index in [1.807, 2.05) is 42.5 Å². The molecule has 1 atom stereocenters. The molecule has 0 bridgehead atoms. The standard InChI is InChI=1S/C21H23NO5/c1-15(21(24)22-14-16-8-11-18(25-2)12-9-16)27-20(23)13-10-17-6-4-5-7-19(17)26-3/h4-13,15H,14H2,1-3H3,(H,22,24)/b13-10+/t15-/m1/s1. The molecule has 0 spiro atoms. The van der Waals surface area contributed by atoms with E-state index in [-0.39, 0.29) is 5.91 Å².